The zero-order chi connectivity index (χ0) is 7.72. The lowest BCUT2D eigenvalue weighted by Gasteiger charge is -2.32. The Kier molecular flexibility index (Phi) is 2.25. The van der Waals surface area contributed by atoms with Crippen LogP contribution in [0, 0.1) is 0 Å². The number of nitrogens with two attached hydrogens (primary N) is 1. The highest BCUT2D eigenvalue weighted by Gasteiger charge is 2.34. The van der Waals surface area contributed by atoms with E-state index in [1.165, 1.54) is 0 Å². The van der Waals surface area contributed by atoms with Crippen LogP contribution < -0.4 is 5.73 Å². The van der Waals surface area contributed by atoms with Gasteiger partial charge in [0.15, 0.2) is 0 Å². The van der Waals surface area contributed by atoms with E-state index in [0.29, 0.717) is 12.8 Å². The maximum absolute atomic E-state index is 9.08. The molecule has 1 aliphatic rings. The number of rotatable bonds is 0. The zero-order valence-corrected chi connectivity index (χ0v) is 5.64. The first kappa shape index (κ1) is 7.94. The van der Waals surface area contributed by atoms with Crippen molar-refractivity contribution in [1.29, 1.82) is 0 Å². The van der Waals surface area contributed by atoms with Gasteiger partial charge in [-0.2, -0.15) is 0 Å². The van der Waals surface area contributed by atoms with Crippen molar-refractivity contribution in [2.45, 2.75) is 37.2 Å². The molecule has 60 valence electrons. The molecule has 0 bridgehead atoms. The average molecular weight is 147 g/mol. The van der Waals surface area contributed by atoms with Crippen LogP contribution in [0.15, 0.2) is 0 Å². The number of aliphatic hydroxyl groups excluding tert-OH is 3. The summed E-state index contributed by atoms with van der Waals surface area (Å²) >= 11 is 0. The van der Waals surface area contributed by atoms with Gasteiger partial charge in [-0.3, -0.25) is 0 Å². The summed E-state index contributed by atoms with van der Waals surface area (Å²) in [7, 11) is 0. The van der Waals surface area contributed by atoms with E-state index in [2.05, 4.69) is 0 Å². The Balaban J connectivity index is 2.52. The van der Waals surface area contributed by atoms with Crippen molar-refractivity contribution in [3.8, 4) is 0 Å². The maximum atomic E-state index is 9.08. The quantitative estimate of drug-likeness (QED) is 0.325. The van der Waals surface area contributed by atoms with Gasteiger partial charge in [-0.1, -0.05) is 0 Å². The largest absolute Gasteiger partial charge is 0.390 e. The molecule has 1 fully saturated rings. The Bertz CT molecular complexity index is 106. The molecule has 4 heteroatoms. The molecule has 0 saturated heterocycles. The lowest BCUT2D eigenvalue weighted by atomic mass is 9.88. The Labute approximate surface area is 59.3 Å². The van der Waals surface area contributed by atoms with Crippen molar-refractivity contribution in [2.75, 3.05) is 0 Å². The Hall–Kier alpha value is -0.160. The van der Waals surface area contributed by atoms with Crippen molar-refractivity contribution in [3.05, 3.63) is 0 Å². The summed E-state index contributed by atoms with van der Waals surface area (Å²) in [5.41, 5.74) is 5.41. The van der Waals surface area contributed by atoms with Crippen LogP contribution in [0.5, 0.6) is 0 Å². The first-order chi connectivity index (χ1) is 4.63. The average Bonchev–Trinajstić information content (AvgIpc) is 1.93. The van der Waals surface area contributed by atoms with Crippen molar-refractivity contribution in [1.82, 2.24) is 0 Å². The van der Waals surface area contributed by atoms with Gasteiger partial charge in [-0.05, 0) is 12.8 Å². The van der Waals surface area contributed by atoms with Gasteiger partial charge in [0.25, 0.3) is 0 Å². The molecule has 4 nitrogen and oxygen atoms in total. The molecule has 1 aliphatic carbocycles. The van der Waals surface area contributed by atoms with E-state index < -0.39 is 24.4 Å². The fourth-order valence-corrected chi connectivity index (χ4v) is 1.19. The molecular weight excluding hydrogens is 134 g/mol. The SMILES string of the molecule is N[C@@H]1CC[C@H](O)[C@@H](O)[C@@H]1O. The second kappa shape index (κ2) is 2.84. The first-order valence-electron chi connectivity index (χ1n) is 3.42. The molecule has 0 aromatic rings. The Morgan fingerprint density at radius 2 is 1.60 bits per heavy atom. The highest BCUT2D eigenvalue weighted by atomic mass is 16.4. The summed E-state index contributed by atoms with van der Waals surface area (Å²) in [6.07, 6.45) is -1.80. The minimum atomic E-state index is -1.07. The van der Waals surface area contributed by atoms with Gasteiger partial charge in [0, 0.05) is 6.04 Å². The molecule has 0 aromatic carbocycles. The second-order valence-electron chi connectivity index (χ2n) is 2.79. The van der Waals surface area contributed by atoms with Gasteiger partial charge in [0.05, 0.1) is 12.2 Å². The predicted octanol–water partition coefficient (Wildman–Crippen LogP) is -1.81. The van der Waals surface area contributed by atoms with Crippen LogP contribution >= 0.6 is 0 Å². The molecule has 1 rings (SSSR count). The third kappa shape index (κ3) is 1.29. The van der Waals surface area contributed by atoms with E-state index in [1.54, 1.807) is 0 Å². The summed E-state index contributed by atoms with van der Waals surface area (Å²) in [6, 6.07) is -0.390. The Morgan fingerprint density at radius 3 is 2.10 bits per heavy atom. The van der Waals surface area contributed by atoms with Crippen molar-refractivity contribution in [3.63, 3.8) is 0 Å². The number of hydrogen-bond acceptors (Lipinski definition) is 4. The third-order valence-electron chi connectivity index (χ3n) is 1.98. The first-order valence-corrected chi connectivity index (χ1v) is 3.42. The molecular formula is C6H13NO3. The van der Waals surface area contributed by atoms with Crippen LogP contribution in [0.2, 0.25) is 0 Å². The molecule has 0 spiro atoms. The van der Waals surface area contributed by atoms with Crippen LogP contribution in [0.1, 0.15) is 12.8 Å². The minimum Gasteiger partial charge on any atom is -0.390 e. The smallest absolute Gasteiger partial charge is 0.107 e. The molecule has 5 N–H and O–H groups in total. The lowest BCUT2D eigenvalue weighted by Crippen LogP contribution is -2.52. The van der Waals surface area contributed by atoms with Crippen molar-refractivity contribution >= 4 is 0 Å². The predicted molar refractivity (Wildman–Crippen MR) is 35.2 cm³/mol. The van der Waals surface area contributed by atoms with Crippen molar-refractivity contribution in [2.24, 2.45) is 5.73 Å². The monoisotopic (exact) mass is 147 g/mol. The second-order valence-corrected chi connectivity index (χ2v) is 2.79. The van der Waals surface area contributed by atoms with E-state index in [-0.39, 0.29) is 0 Å². The van der Waals surface area contributed by atoms with Gasteiger partial charge < -0.3 is 21.1 Å². The van der Waals surface area contributed by atoms with E-state index in [0.717, 1.165) is 0 Å². The van der Waals surface area contributed by atoms with Crippen LogP contribution in [-0.2, 0) is 0 Å². The van der Waals surface area contributed by atoms with Gasteiger partial charge in [-0.25, -0.2) is 0 Å². The van der Waals surface area contributed by atoms with Gasteiger partial charge >= 0.3 is 0 Å². The molecule has 0 aromatic heterocycles. The summed E-state index contributed by atoms with van der Waals surface area (Å²) in [6.45, 7) is 0. The fourth-order valence-electron chi connectivity index (χ4n) is 1.19. The molecule has 0 radical (unpaired) electrons. The lowest BCUT2D eigenvalue weighted by molar-refractivity contribution is -0.0924. The third-order valence-corrected chi connectivity index (χ3v) is 1.98. The van der Waals surface area contributed by atoms with E-state index in [4.69, 9.17) is 21.1 Å². The molecule has 4 atom stereocenters. The highest BCUT2D eigenvalue weighted by Crippen LogP contribution is 2.17. The van der Waals surface area contributed by atoms with Crippen LogP contribution in [-0.4, -0.2) is 39.7 Å². The summed E-state index contributed by atoms with van der Waals surface area (Å²) < 4.78 is 0. The molecule has 0 aliphatic heterocycles. The fraction of sp³-hybridized carbons (Fsp3) is 1.00. The highest BCUT2D eigenvalue weighted by molar-refractivity contribution is 4.89. The van der Waals surface area contributed by atoms with E-state index in [1.807, 2.05) is 0 Å². The van der Waals surface area contributed by atoms with Crippen molar-refractivity contribution < 1.29 is 15.3 Å². The van der Waals surface area contributed by atoms with Gasteiger partial charge in [0.1, 0.15) is 6.10 Å². The number of hydrogen-bond donors (Lipinski definition) is 4. The minimum absolute atomic E-state index is 0.390. The topological polar surface area (TPSA) is 86.7 Å². The van der Waals surface area contributed by atoms with Gasteiger partial charge in [0.2, 0.25) is 0 Å². The standard InChI is InChI=1S/C6H13NO3/c7-3-1-2-4(8)6(10)5(3)9/h3-6,8-10H,1-2,7H2/t3-,4+,5-,6-/m1/s1. The van der Waals surface area contributed by atoms with Crippen LogP contribution in [0.3, 0.4) is 0 Å². The summed E-state index contributed by atoms with van der Waals surface area (Å²) in [4.78, 5) is 0. The van der Waals surface area contributed by atoms with Gasteiger partial charge in [-0.15, -0.1) is 0 Å². The molecule has 1 saturated carbocycles. The molecule has 0 heterocycles. The maximum Gasteiger partial charge on any atom is 0.107 e. The molecule has 10 heavy (non-hydrogen) atoms. The molecule has 0 unspecified atom stereocenters. The van der Waals surface area contributed by atoms with E-state index >= 15 is 0 Å². The Morgan fingerprint density at radius 1 is 1.00 bits per heavy atom. The van der Waals surface area contributed by atoms with Crippen LogP contribution in [0.25, 0.3) is 0 Å². The van der Waals surface area contributed by atoms with Crippen LogP contribution in [0.4, 0.5) is 0 Å². The normalized spacial score (nSPS) is 49.2. The summed E-state index contributed by atoms with van der Waals surface area (Å²) in [5.74, 6) is 0. The van der Waals surface area contributed by atoms with E-state index in [9.17, 15) is 0 Å². The molecule has 0 amide bonds. The zero-order valence-electron chi connectivity index (χ0n) is 5.64. The summed E-state index contributed by atoms with van der Waals surface area (Å²) in [5, 5.41) is 27.1. The number of aliphatic hydroxyl groups is 3.